The minimum atomic E-state index is -0.476. The molecule has 2 aromatic carbocycles. The molecule has 0 aromatic heterocycles. The van der Waals surface area contributed by atoms with E-state index in [9.17, 15) is 14.0 Å². The largest absolute Gasteiger partial charge is 0.366 e. The highest BCUT2D eigenvalue weighted by molar-refractivity contribution is 6.45. The zero-order chi connectivity index (χ0) is 20.7. The summed E-state index contributed by atoms with van der Waals surface area (Å²) in [6, 6.07) is 11.5. The van der Waals surface area contributed by atoms with Crippen molar-refractivity contribution < 1.29 is 14.0 Å². The van der Waals surface area contributed by atoms with E-state index in [4.69, 9.17) is 0 Å². The summed E-state index contributed by atoms with van der Waals surface area (Å²) in [7, 11) is 0. The van der Waals surface area contributed by atoms with Crippen molar-refractivity contribution in [3.8, 4) is 0 Å². The second-order valence-corrected chi connectivity index (χ2v) is 8.14. The van der Waals surface area contributed by atoms with Gasteiger partial charge in [0.15, 0.2) is 0 Å². The van der Waals surface area contributed by atoms with Gasteiger partial charge in [0.1, 0.15) is 11.5 Å². The molecule has 1 fully saturated rings. The van der Waals surface area contributed by atoms with Crippen LogP contribution in [0.2, 0.25) is 0 Å². The molecule has 0 aliphatic carbocycles. The molecule has 0 bridgehead atoms. The fourth-order valence-electron chi connectivity index (χ4n) is 4.21. The smallest absolute Gasteiger partial charge is 0.282 e. The van der Waals surface area contributed by atoms with Crippen molar-refractivity contribution >= 4 is 23.1 Å². The van der Waals surface area contributed by atoms with E-state index < -0.39 is 11.7 Å². The van der Waals surface area contributed by atoms with E-state index in [0.717, 1.165) is 47.5 Å². The number of hydrogen-bond donors (Lipinski definition) is 0. The molecule has 2 amide bonds. The Kier molecular flexibility index (Phi) is 4.99. The van der Waals surface area contributed by atoms with E-state index in [1.54, 1.807) is 6.07 Å². The van der Waals surface area contributed by atoms with Gasteiger partial charge in [-0.1, -0.05) is 31.2 Å². The first-order valence-electron chi connectivity index (χ1n) is 10.1. The molecule has 150 valence electrons. The first kappa shape index (κ1) is 19.4. The number of benzene rings is 2. The van der Waals surface area contributed by atoms with Crippen LogP contribution in [0.3, 0.4) is 0 Å². The van der Waals surface area contributed by atoms with E-state index in [0.29, 0.717) is 17.2 Å². The van der Waals surface area contributed by atoms with Crippen molar-refractivity contribution in [3.05, 3.63) is 70.7 Å². The monoisotopic (exact) mass is 392 g/mol. The zero-order valence-electron chi connectivity index (χ0n) is 17.0. The topological polar surface area (TPSA) is 40.6 Å². The normalized spacial score (nSPS) is 20.1. The highest BCUT2D eigenvalue weighted by Gasteiger charge is 2.43. The van der Waals surface area contributed by atoms with Crippen LogP contribution >= 0.6 is 0 Å². The summed E-state index contributed by atoms with van der Waals surface area (Å²) in [5, 5.41) is 0. The van der Waals surface area contributed by atoms with Crippen LogP contribution in [0.1, 0.15) is 36.5 Å². The number of likely N-dealkylation sites (tertiary alicyclic amines) is 1. The Hall–Kier alpha value is -2.95. The molecular formula is C24H25FN2O2. The maximum atomic E-state index is 13.8. The molecule has 0 radical (unpaired) electrons. The Balaban J connectivity index is 1.85. The highest BCUT2D eigenvalue weighted by atomic mass is 19.1. The van der Waals surface area contributed by atoms with Gasteiger partial charge in [0.05, 0.1) is 11.3 Å². The summed E-state index contributed by atoms with van der Waals surface area (Å²) in [5.74, 6) is -0.792. The zero-order valence-corrected chi connectivity index (χ0v) is 17.0. The number of imide groups is 1. The van der Waals surface area contributed by atoms with Gasteiger partial charge in [-0.3, -0.25) is 9.59 Å². The Morgan fingerprint density at radius 3 is 2.48 bits per heavy atom. The van der Waals surface area contributed by atoms with Crippen LogP contribution in [0.25, 0.3) is 5.57 Å². The number of anilines is 1. The van der Waals surface area contributed by atoms with Crippen LogP contribution in [0.5, 0.6) is 0 Å². The second-order valence-electron chi connectivity index (χ2n) is 8.14. The lowest BCUT2D eigenvalue weighted by molar-refractivity contribution is -0.120. The van der Waals surface area contributed by atoms with Crippen molar-refractivity contribution in [1.29, 1.82) is 0 Å². The van der Waals surface area contributed by atoms with Crippen LogP contribution in [0, 0.1) is 25.6 Å². The molecular weight excluding hydrogens is 367 g/mol. The van der Waals surface area contributed by atoms with Crippen LogP contribution in [0.15, 0.2) is 48.2 Å². The van der Waals surface area contributed by atoms with Crippen LogP contribution in [-0.2, 0) is 9.59 Å². The molecule has 1 atom stereocenters. The molecule has 2 aliphatic rings. The predicted molar refractivity (Wildman–Crippen MR) is 112 cm³/mol. The number of carbonyl (C=O) groups is 2. The molecule has 1 unspecified atom stereocenters. The highest BCUT2D eigenvalue weighted by Crippen LogP contribution is 2.37. The average Bonchev–Trinajstić information content (AvgIpc) is 2.94. The van der Waals surface area contributed by atoms with Gasteiger partial charge in [-0.2, -0.15) is 0 Å². The summed E-state index contributed by atoms with van der Waals surface area (Å²) in [5.41, 5.74) is 4.04. The number of aryl methyl sites for hydroxylation is 2. The standard InChI is InChI=1S/C24H25FN2O2/c1-15-6-5-11-26(14-15)22-21(18-10-9-16(2)17(3)12-18)23(28)27(24(22)29)20-8-4-7-19(25)13-20/h4,7-10,12-13,15H,5-6,11,14H2,1-3H3. The Bertz CT molecular complexity index is 1030. The fourth-order valence-corrected chi connectivity index (χ4v) is 4.21. The van der Waals surface area contributed by atoms with E-state index in [1.165, 1.54) is 18.2 Å². The van der Waals surface area contributed by atoms with Crippen molar-refractivity contribution in [2.45, 2.75) is 33.6 Å². The van der Waals surface area contributed by atoms with E-state index in [2.05, 4.69) is 6.92 Å². The molecule has 0 spiro atoms. The molecule has 0 N–H and O–H groups in total. The van der Waals surface area contributed by atoms with E-state index in [-0.39, 0.29) is 11.6 Å². The summed E-state index contributed by atoms with van der Waals surface area (Å²) < 4.78 is 13.8. The molecule has 4 rings (SSSR count). The third-order valence-electron chi connectivity index (χ3n) is 5.89. The number of amides is 2. The number of piperidine rings is 1. The van der Waals surface area contributed by atoms with E-state index >= 15 is 0 Å². The molecule has 2 aliphatic heterocycles. The van der Waals surface area contributed by atoms with Gasteiger partial charge in [0.25, 0.3) is 11.8 Å². The van der Waals surface area contributed by atoms with Gasteiger partial charge < -0.3 is 4.90 Å². The molecule has 29 heavy (non-hydrogen) atoms. The van der Waals surface area contributed by atoms with Crippen LogP contribution < -0.4 is 4.90 Å². The first-order chi connectivity index (χ1) is 13.9. The molecule has 2 heterocycles. The van der Waals surface area contributed by atoms with Gasteiger partial charge in [-0.05, 0) is 67.5 Å². The summed E-state index contributed by atoms with van der Waals surface area (Å²) in [6.45, 7) is 7.65. The van der Waals surface area contributed by atoms with Crippen molar-refractivity contribution in [1.82, 2.24) is 4.90 Å². The third-order valence-corrected chi connectivity index (χ3v) is 5.89. The van der Waals surface area contributed by atoms with Gasteiger partial charge in [-0.15, -0.1) is 0 Å². The molecule has 5 heteroatoms. The molecule has 4 nitrogen and oxygen atoms in total. The summed E-state index contributed by atoms with van der Waals surface area (Å²) in [6.07, 6.45) is 2.09. The fraction of sp³-hybridized carbons (Fsp3) is 0.333. The second kappa shape index (κ2) is 7.47. The third kappa shape index (κ3) is 3.46. The maximum Gasteiger partial charge on any atom is 0.282 e. The maximum absolute atomic E-state index is 13.8. The number of hydrogen-bond acceptors (Lipinski definition) is 3. The van der Waals surface area contributed by atoms with E-state index in [1.807, 2.05) is 36.9 Å². The minimum absolute atomic E-state index is 0.265. The lowest BCUT2D eigenvalue weighted by atomic mass is 9.96. The van der Waals surface area contributed by atoms with Gasteiger partial charge in [0.2, 0.25) is 0 Å². The lowest BCUT2D eigenvalue weighted by Crippen LogP contribution is -2.39. The Labute approximate surface area is 170 Å². The number of rotatable bonds is 3. The number of carbonyl (C=O) groups excluding carboxylic acids is 2. The van der Waals surface area contributed by atoms with Crippen LogP contribution in [0.4, 0.5) is 10.1 Å². The van der Waals surface area contributed by atoms with Gasteiger partial charge >= 0.3 is 0 Å². The molecule has 1 saturated heterocycles. The van der Waals surface area contributed by atoms with Crippen molar-refractivity contribution in [2.75, 3.05) is 18.0 Å². The lowest BCUT2D eigenvalue weighted by Gasteiger charge is -2.33. The summed E-state index contributed by atoms with van der Waals surface area (Å²) in [4.78, 5) is 30.1. The number of nitrogens with zero attached hydrogens (tertiary/aromatic N) is 2. The Morgan fingerprint density at radius 1 is 1.00 bits per heavy atom. The summed E-state index contributed by atoms with van der Waals surface area (Å²) >= 11 is 0. The molecule has 2 aromatic rings. The SMILES string of the molecule is Cc1ccc(C2=C(N3CCCC(C)C3)C(=O)N(c3cccc(F)c3)C2=O)cc1C. The molecule has 0 saturated carbocycles. The van der Waals surface area contributed by atoms with Gasteiger partial charge in [-0.25, -0.2) is 9.29 Å². The van der Waals surface area contributed by atoms with Gasteiger partial charge in [0, 0.05) is 13.1 Å². The minimum Gasteiger partial charge on any atom is -0.366 e. The predicted octanol–water partition coefficient (Wildman–Crippen LogP) is 4.46. The first-order valence-corrected chi connectivity index (χ1v) is 10.1. The van der Waals surface area contributed by atoms with Crippen molar-refractivity contribution in [2.24, 2.45) is 5.92 Å². The number of halogens is 1. The average molecular weight is 392 g/mol. The quantitative estimate of drug-likeness (QED) is 0.724. The van der Waals surface area contributed by atoms with Crippen LogP contribution in [-0.4, -0.2) is 29.8 Å². The van der Waals surface area contributed by atoms with Crippen molar-refractivity contribution in [3.63, 3.8) is 0 Å². The Morgan fingerprint density at radius 2 is 1.79 bits per heavy atom.